The number of hydrogen-bond donors (Lipinski definition) is 1. The summed E-state index contributed by atoms with van der Waals surface area (Å²) in [6.45, 7) is 3.94. The smallest absolute Gasteiger partial charge is 0.265 e. The first-order valence-corrected chi connectivity index (χ1v) is 10.0. The highest BCUT2D eigenvalue weighted by Gasteiger charge is 2.29. The van der Waals surface area contributed by atoms with E-state index in [1.165, 1.54) is 0 Å². The minimum absolute atomic E-state index is 0.00696. The highest BCUT2D eigenvalue weighted by molar-refractivity contribution is 6.01. The molecule has 0 spiro atoms. The average Bonchev–Trinajstić information content (AvgIpc) is 2.75. The molecule has 152 valence electrons. The number of amides is 2. The fraction of sp³-hybridized carbons (Fsp3) is 0.200. The lowest BCUT2D eigenvalue weighted by Crippen LogP contribution is -2.43. The largest absolute Gasteiger partial charge is 0.482 e. The summed E-state index contributed by atoms with van der Waals surface area (Å²) >= 11 is 0. The van der Waals surface area contributed by atoms with E-state index in [4.69, 9.17) is 4.74 Å². The van der Waals surface area contributed by atoms with Crippen molar-refractivity contribution in [2.24, 2.45) is 0 Å². The fourth-order valence-corrected chi connectivity index (χ4v) is 3.82. The number of rotatable bonds is 5. The van der Waals surface area contributed by atoms with E-state index in [0.29, 0.717) is 17.1 Å². The summed E-state index contributed by atoms with van der Waals surface area (Å²) in [5.41, 5.74) is 3.14. The lowest BCUT2D eigenvalue weighted by atomic mass is 9.90. The van der Waals surface area contributed by atoms with Gasteiger partial charge in [0, 0.05) is 11.7 Å². The molecule has 30 heavy (non-hydrogen) atoms. The van der Waals surface area contributed by atoms with Crippen LogP contribution in [0, 0.1) is 0 Å². The molecule has 0 fully saturated rings. The number of hydrogen-bond acceptors (Lipinski definition) is 3. The molecule has 0 bridgehead atoms. The van der Waals surface area contributed by atoms with Gasteiger partial charge in [-0.15, -0.1) is 0 Å². The number of ether oxygens (including phenoxy) is 1. The van der Waals surface area contributed by atoms with Crippen LogP contribution < -0.4 is 15.0 Å². The van der Waals surface area contributed by atoms with Gasteiger partial charge in [-0.05, 0) is 43.2 Å². The molecule has 1 N–H and O–H groups in total. The van der Waals surface area contributed by atoms with Crippen LogP contribution in [0.2, 0.25) is 0 Å². The molecule has 0 aliphatic carbocycles. The molecule has 2 amide bonds. The second-order valence-corrected chi connectivity index (χ2v) is 7.57. The second-order valence-electron chi connectivity index (χ2n) is 7.57. The topological polar surface area (TPSA) is 58.6 Å². The number of fused-ring (bicyclic) bond motifs is 1. The minimum atomic E-state index is -0.442. The Labute approximate surface area is 176 Å². The molecule has 4 rings (SSSR count). The summed E-state index contributed by atoms with van der Waals surface area (Å²) < 4.78 is 5.56. The first kappa shape index (κ1) is 19.7. The zero-order valence-electron chi connectivity index (χ0n) is 17.0. The van der Waals surface area contributed by atoms with Gasteiger partial charge in [-0.2, -0.15) is 0 Å². The Morgan fingerprint density at radius 2 is 1.53 bits per heavy atom. The van der Waals surface area contributed by atoms with Gasteiger partial charge in [0.2, 0.25) is 5.91 Å². The molecule has 0 saturated carbocycles. The van der Waals surface area contributed by atoms with E-state index in [1.807, 2.05) is 74.5 Å². The third-order valence-corrected chi connectivity index (χ3v) is 5.15. The monoisotopic (exact) mass is 400 g/mol. The van der Waals surface area contributed by atoms with Crippen LogP contribution in [0.25, 0.3) is 0 Å². The van der Waals surface area contributed by atoms with Crippen LogP contribution in [-0.4, -0.2) is 24.5 Å². The Balaban J connectivity index is 1.66. The summed E-state index contributed by atoms with van der Waals surface area (Å²) in [4.78, 5) is 27.4. The van der Waals surface area contributed by atoms with Gasteiger partial charge in [0.1, 0.15) is 5.75 Å². The predicted octanol–water partition coefficient (Wildman–Crippen LogP) is 4.59. The van der Waals surface area contributed by atoms with E-state index in [-0.39, 0.29) is 24.5 Å². The number of carbonyl (C=O) groups is 2. The molecule has 3 aromatic rings. The molecule has 0 atom stereocenters. The number of nitrogens with one attached hydrogen (secondary N) is 1. The number of carbonyl (C=O) groups excluding carboxylic acids is 2. The van der Waals surface area contributed by atoms with Crippen molar-refractivity contribution in [3.63, 3.8) is 0 Å². The van der Waals surface area contributed by atoms with Crippen molar-refractivity contribution in [3.05, 3.63) is 90.0 Å². The molecule has 5 nitrogen and oxygen atoms in total. The van der Waals surface area contributed by atoms with Crippen molar-refractivity contribution in [2.45, 2.75) is 25.8 Å². The molecule has 0 unspecified atom stereocenters. The first-order valence-electron chi connectivity index (χ1n) is 10.0. The lowest BCUT2D eigenvalue weighted by Gasteiger charge is -2.32. The molecule has 1 heterocycles. The molecule has 3 aromatic carbocycles. The van der Waals surface area contributed by atoms with Gasteiger partial charge >= 0.3 is 0 Å². The fourth-order valence-electron chi connectivity index (χ4n) is 3.82. The van der Waals surface area contributed by atoms with Gasteiger partial charge in [0.25, 0.3) is 5.91 Å². The lowest BCUT2D eigenvalue weighted by molar-refractivity contribution is -0.121. The molecule has 0 aromatic heterocycles. The number of benzene rings is 3. The van der Waals surface area contributed by atoms with E-state index in [2.05, 4.69) is 5.32 Å². The maximum atomic E-state index is 13.3. The van der Waals surface area contributed by atoms with Crippen LogP contribution in [0.3, 0.4) is 0 Å². The third-order valence-electron chi connectivity index (χ3n) is 5.15. The predicted molar refractivity (Wildman–Crippen MR) is 118 cm³/mol. The van der Waals surface area contributed by atoms with E-state index in [1.54, 1.807) is 23.1 Å². The maximum absolute atomic E-state index is 13.3. The summed E-state index contributed by atoms with van der Waals surface area (Å²) in [6, 6.07) is 24.8. The van der Waals surface area contributed by atoms with Crippen molar-refractivity contribution < 1.29 is 14.3 Å². The summed E-state index contributed by atoms with van der Waals surface area (Å²) in [7, 11) is 0. The van der Waals surface area contributed by atoms with Crippen LogP contribution in [0.1, 0.15) is 30.9 Å². The molecular weight excluding hydrogens is 376 g/mol. The normalized spacial score (nSPS) is 13.2. The van der Waals surface area contributed by atoms with E-state index in [9.17, 15) is 9.59 Å². The second kappa shape index (κ2) is 8.41. The molecule has 0 saturated heterocycles. The minimum Gasteiger partial charge on any atom is -0.482 e. The van der Waals surface area contributed by atoms with Gasteiger partial charge in [-0.3, -0.25) is 9.59 Å². The van der Waals surface area contributed by atoms with Crippen molar-refractivity contribution >= 4 is 23.2 Å². The van der Waals surface area contributed by atoms with E-state index >= 15 is 0 Å². The zero-order valence-corrected chi connectivity index (χ0v) is 17.0. The number of nitrogens with zero attached hydrogens (tertiary/aromatic N) is 1. The first-order chi connectivity index (χ1) is 14.5. The van der Waals surface area contributed by atoms with Gasteiger partial charge in [0.05, 0.1) is 11.6 Å². The average molecular weight is 400 g/mol. The molecule has 0 radical (unpaired) electrons. The van der Waals surface area contributed by atoms with Crippen LogP contribution in [-0.2, 0) is 9.59 Å². The van der Waals surface area contributed by atoms with Crippen molar-refractivity contribution in [1.29, 1.82) is 0 Å². The number of anilines is 2. The Hall–Kier alpha value is -3.60. The molecular formula is C25H24N2O3. The summed E-state index contributed by atoms with van der Waals surface area (Å²) in [5, 5.41) is 3.03. The van der Waals surface area contributed by atoms with Crippen LogP contribution in [0.5, 0.6) is 5.75 Å². The highest BCUT2D eigenvalue weighted by atomic mass is 16.5. The van der Waals surface area contributed by atoms with Gasteiger partial charge < -0.3 is 15.0 Å². The Morgan fingerprint density at radius 1 is 0.933 bits per heavy atom. The highest BCUT2D eigenvalue weighted by Crippen LogP contribution is 2.36. The Kier molecular flexibility index (Phi) is 5.53. The summed E-state index contributed by atoms with van der Waals surface area (Å²) in [5.74, 6) is -0.0228. The quantitative estimate of drug-likeness (QED) is 0.681. The maximum Gasteiger partial charge on any atom is 0.265 e. The van der Waals surface area contributed by atoms with Crippen molar-refractivity contribution in [1.82, 2.24) is 0 Å². The van der Waals surface area contributed by atoms with Gasteiger partial charge in [-0.25, -0.2) is 0 Å². The van der Waals surface area contributed by atoms with E-state index in [0.717, 1.165) is 11.1 Å². The third kappa shape index (κ3) is 3.92. The van der Waals surface area contributed by atoms with Gasteiger partial charge in [-0.1, -0.05) is 60.7 Å². The van der Waals surface area contributed by atoms with Crippen LogP contribution >= 0.6 is 0 Å². The molecule has 1 aliphatic rings. The molecule has 5 heteroatoms. The van der Waals surface area contributed by atoms with Crippen LogP contribution in [0.15, 0.2) is 78.9 Å². The van der Waals surface area contributed by atoms with Crippen molar-refractivity contribution in [3.8, 4) is 5.75 Å². The summed E-state index contributed by atoms with van der Waals surface area (Å²) in [6.07, 6.45) is 0. The van der Waals surface area contributed by atoms with Crippen LogP contribution in [0.4, 0.5) is 11.4 Å². The SMILES string of the molecule is CC(C)N1C(=O)COc2ccc(NC(=O)C(c3ccccc3)c3ccccc3)cc21. The zero-order chi connectivity index (χ0) is 21.1. The Bertz CT molecular complexity index is 1010. The van der Waals surface area contributed by atoms with Gasteiger partial charge in [0.15, 0.2) is 6.61 Å². The molecule has 1 aliphatic heterocycles. The standard InChI is InChI=1S/C25H24N2O3/c1-17(2)27-21-15-20(13-14-22(21)30-16-23(27)28)26-25(29)24(18-9-5-3-6-10-18)19-11-7-4-8-12-19/h3-15,17,24H,16H2,1-2H3,(H,26,29). The van der Waals surface area contributed by atoms with Crippen molar-refractivity contribution in [2.75, 3.05) is 16.8 Å². The van der Waals surface area contributed by atoms with E-state index < -0.39 is 5.92 Å². The Morgan fingerprint density at radius 3 is 2.10 bits per heavy atom.